The van der Waals surface area contributed by atoms with Crippen molar-refractivity contribution >= 4 is 10.9 Å². The van der Waals surface area contributed by atoms with Gasteiger partial charge in [0.2, 0.25) is 0 Å². The van der Waals surface area contributed by atoms with Crippen molar-refractivity contribution in [1.29, 1.82) is 5.26 Å². The molecule has 126 valence electrons. The van der Waals surface area contributed by atoms with Gasteiger partial charge in [-0.1, -0.05) is 18.2 Å². The zero-order valence-electron chi connectivity index (χ0n) is 14.4. The molecule has 2 aromatic rings. The number of hydrogen-bond acceptors (Lipinski definition) is 3. The predicted octanol–water partition coefficient (Wildman–Crippen LogP) is 3.35. The number of likely N-dealkylation sites (tertiary alicyclic amines) is 1. The number of nitriles is 1. The van der Waals surface area contributed by atoms with Crippen molar-refractivity contribution in [2.75, 3.05) is 26.2 Å². The number of aromatic nitrogens is 1. The number of ether oxygens (including phenoxy) is 1. The highest BCUT2D eigenvalue weighted by molar-refractivity contribution is 5.86. The Balaban J connectivity index is 1.62. The molecule has 0 atom stereocenters. The Morgan fingerprint density at radius 1 is 1.25 bits per heavy atom. The van der Waals surface area contributed by atoms with E-state index in [0.29, 0.717) is 6.42 Å². The van der Waals surface area contributed by atoms with E-state index in [2.05, 4.69) is 46.8 Å². The number of benzene rings is 1. The van der Waals surface area contributed by atoms with Crippen LogP contribution in [0.1, 0.15) is 36.9 Å². The number of rotatable bonds is 3. The van der Waals surface area contributed by atoms with Crippen LogP contribution in [0.2, 0.25) is 0 Å². The summed E-state index contributed by atoms with van der Waals surface area (Å²) >= 11 is 0. The van der Waals surface area contributed by atoms with Crippen LogP contribution in [0.5, 0.6) is 0 Å². The molecule has 0 saturated carbocycles. The highest BCUT2D eigenvalue weighted by Crippen LogP contribution is 2.44. The second-order valence-corrected chi connectivity index (χ2v) is 7.10. The Morgan fingerprint density at radius 2 is 2.04 bits per heavy atom. The number of hydrogen-bond donors (Lipinski definition) is 0. The number of fused-ring (bicyclic) bond motifs is 4. The molecule has 1 fully saturated rings. The molecule has 0 aliphatic carbocycles. The van der Waals surface area contributed by atoms with Crippen molar-refractivity contribution in [3.63, 3.8) is 0 Å². The molecule has 1 saturated heterocycles. The Morgan fingerprint density at radius 3 is 2.83 bits per heavy atom. The van der Waals surface area contributed by atoms with E-state index in [1.54, 1.807) is 0 Å². The van der Waals surface area contributed by atoms with Crippen LogP contribution in [0.25, 0.3) is 10.9 Å². The maximum Gasteiger partial charge on any atom is 0.111 e. The first-order chi connectivity index (χ1) is 11.7. The fraction of sp³-hybridized carbons (Fsp3) is 0.550. The topological polar surface area (TPSA) is 41.2 Å². The minimum Gasteiger partial charge on any atom is -0.368 e. The van der Waals surface area contributed by atoms with Gasteiger partial charge in [-0.15, -0.1) is 0 Å². The number of unbranched alkanes of at least 4 members (excludes halogenated alkanes) is 1. The van der Waals surface area contributed by atoms with Crippen LogP contribution in [-0.4, -0.2) is 35.7 Å². The quantitative estimate of drug-likeness (QED) is 0.814. The molecule has 1 spiro atoms. The van der Waals surface area contributed by atoms with Crippen molar-refractivity contribution in [1.82, 2.24) is 9.47 Å². The number of aryl methyl sites for hydroxylation is 1. The number of piperidine rings is 1. The van der Waals surface area contributed by atoms with Gasteiger partial charge in [0.15, 0.2) is 0 Å². The smallest absolute Gasteiger partial charge is 0.111 e. The third-order valence-corrected chi connectivity index (χ3v) is 5.80. The third kappa shape index (κ3) is 2.44. The largest absolute Gasteiger partial charge is 0.368 e. The molecule has 4 heteroatoms. The SMILES string of the molecule is Cn1c2c(c3ccccc31)CCOC21CCN(CCCC#N)CC1. The van der Waals surface area contributed by atoms with Gasteiger partial charge in [0, 0.05) is 37.5 Å². The zero-order valence-corrected chi connectivity index (χ0v) is 14.4. The van der Waals surface area contributed by atoms with Crippen molar-refractivity contribution < 1.29 is 4.74 Å². The van der Waals surface area contributed by atoms with Gasteiger partial charge in [-0.3, -0.25) is 0 Å². The fourth-order valence-electron chi connectivity index (χ4n) is 4.62. The summed E-state index contributed by atoms with van der Waals surface area (Å²) in [5.41, 5.74) is 4.11. The van der Waals surface area contributed by atoms with Gasteiger partial charge in [-0.2, -0.15) is 5.26 Å². The van der Waals surface area contributed by atoms with Crippen LogP contribution in [0.4, 0.5) is 0 Å². The lowest BCUT2D eigenvalue weighted by Crippen LogP contribution is -2.47. The lowest BCUT2D eigenvalue weighted by Gasteiger charge is -2.44. The molecule has 4 rings (SSSR count). The van der Waals surface area contributed by atoms with E-state index in [4.69, 9.17) is 10.00 Å². The first kappa shape index (κ1) is 15.7. The fourth-order valence-corrected chi connectivity index (χ4v) is 4.62. The molecule has 4 nitrogen and oxygen atoms in total. The maximum atomic E-state index is 8.71. The summed E-state index contributed by atoms with van der Waals surface area (Å²) in [6, 6.07) is 11.0. The summed E-state index contributed by atoms with van der Waals surface area (Å²) in [6.45, 7) is 3.99. The molecule has 1 aromatic heterocycles. The van der Waals surface area contributed by atoms with Gasteiger partial charge < -0.3 is 14.2 Å². The second kappa shape index (κ2) is 6.23. The van der Waals surface area contributed by atoms with Crippen molar-refractivity contribution in [3.8, 4) is 6.07 Å². The molecule has 3 heterocycles. The van der Waals surface area contributed by atoms with Crippen molar-refractivity contribution in [2.45, 2.75) is 37.7 Å². The highest BCUT2D eigenvalue weighted by Gasteiger charge is 2.43. The first-order valence-electron chi connectivity index (χ1n) is 9.05. The summed E-state index contributed by atoms with van der Waals surface area (Å²) in [5.74, 6) is 0. The van der Waals surface area contributed by atoms with Crippen LogP contribution >= 0.6 is 0 Å². The van der Waals surface area contributed by atoms with Gasteiger partial charge in [-0.25, -0.2) is 0 Å². The van der Waals surface area contributed by atoms with Crippen LogP contribution in [0.3, 0.4) is 0 Å². The summed E-state index contributed by atoms with van der Waals surface area (Å²) in [5, 5.41) is 10.1. The minimum atomic E-state index is -0.118. The number of para-hydroxylation sites is 1. The molecule has 1 aromatic carbocycles. The molecular weight excluding hydrogens is 298 g/mol. The molecule has 2 aliphatic heterocycles. The van der Waals surface area contributed by atoms with Gasteiger partial charge in [0.25, 0.3) is 0 Å². The average Bonchev–Trinajstić information content (AvgIpc) is 2.92. The van der Waals surface area contributed by atoms with Gasteiger partial charge in [0.05, 0.1) is 18.4 Å². The van der Waals surface area contributed by atoms with Crippen LogP contribution in [0, 0.1) is 11.3 Å². The lowest BCUT2D eigenvalue weighted by molar-refractivity contribution is -0.102. The third-order valence-electron chi connectivity index (χ3n) is 5.80. The van der Waals surface area contributed by atoms with E-state index in [9.17, 15) is 0 Å². The molecule has 24 heavy (non-hydrogen) atoms. The highest BCUT2D eigenvalue weighted by atomic mass is 16.5. The van der Waals surface area contributed by atoms with Crippen molar-refractivity contribution in [3.05, 3.63) is 35.5 Å². The summed E-state index contributed by atoms with van der Waals surface area (Å²) in [7, 11) is 2.19. The normalized spacial score (nSPS) is 20.2. The molecule has 0 radical (unpaired) electrons. The van der Waals surface area contributed by atoms with Crippen LogP contribution in [-0.2, 0) is 23.8 Å². The van der Waals surface area contributed by atoms with E-state index in [-0.39, 0.29) is 5.60 Å². The van der Waals surface area contributed by atoms with Crippen LogP contribution in [0.15, 0.2) is 24.3 Å². The standard InChI is InChI=1S/C20H25N3O/c1-22-18-7-3-2-6-16(18)17-8-15-24-20(19(17)22)9-13-23(14-10-20)12-5-4-11-21/h2-3,6-7H,4-5,8-10,12-15H2,1H3. The minimum absolute atomic E-state index is 0.118. The zero-order chi connectivity index (χ0) is 16.6. The lowest BCUT2D eigenvalue weighted by atomic mass is 9.83. The molecule has 2 aliphatic rings. The molecule has 0 bridgehead atoms. The Bertz CT molecular complexity index is 778. The Hall–Kier alpha value is -1.83. The van der Waals surface area contributed by atoms with E-state index >= 15 is 0 Å². The van der Waals surface area contributed by atoms with E-state index in [1.165, 1.54) is 22.2 Å². The maximum absolute atomic E-state index is 8.71. The Labute approximate surface area is 143 Å². The van der Waals surface area contributed by atoms with E-state index in [1.807, 2.05) is 0 Å². The molecular formula is C20H25N3O. The van der Waals surface area contributed by atoms with E-state index in [0.717, 1.165) is 51.9 Å². The second-order valence-electron chi connectivity index (χ2n) is 7.10. The van der Waals surface area contributed by atoms with Gasteiger partial charge in [-0.05, 0) is 43.9 Å². The summed E-state index contributed by atoms with van der Waals surface area (Å²) in [6.07, 6.45) is 4.76. The monoisotopic (exact) mass is 323 g/mol. The molecule has 0 N–H and O–H groups in total. The predicted molar refractivity (Wildman–Crippen MR) is 94.8 cm³/mol. The van der Waals surface area contributed by atoms with Crippen LogP contribution < -0.4 is 0 Å². The van der Waals surface area contributed by atoms with E-state index < -0.39 is 0 Å². The van der Waals surface area contributed by atoms with Crippen molar-refractivity contribution in [2.24, 2.45) is 7.05 Å². The first-order valence-corrected chi connectivity index (χ1v) is 9.05. The van der Waals surface area contributed by atoms with Gasteiger partial charge >= 0.3 is 0 Å². The van der Waals surface area contributed by atoms with Gasteiger partial charge in [0.1, 0.15) is 5.60 Å². The summed E-state index contributed by atoms with van der Waals surface area (Å²) in [4.78, 5) is 2.49. The number of nitrogens with zero attached hydrogens (tertiary/aromatic N) is 3. The summed E-state index contributed by atoms with van der Waals surface area (Å²) < 4.78 is 8.79. The molecule has 0 amide bonds. The average molecular weight is 323 g/mol. The Kier molecular flexibility index (Phi) is 4.07. The molecule has 0 unspecified atom stereocenters.